The molecule has 0 bridgehead atoms. The first-order valence-corrected chi connectivity index (χ1v) is 7.57. The summed E-state index contributed by atoms with van der Waals surface area (Å²) in [6, 6.07) is 0.223. The topological polar surface area (TPSA) is 64.7 Å². The van der Waals surface area contributed by atoms with Crippen molar-refractivity contribution in [2.75, 3.05) is 45.8 Å². The van der Waals surface area contributed by atoms with E-state index in [1.807, 2.05) is 25.7 Å². The minimum absolute atomic E-state index is 0.0630. The quantitative estimate of drug-likeness (QED) is 0.671. The zero-order valence-corrected chi connectivity index (χ0v) is 12.9. The largest absolute Gasteiger partial charge is 0.355 e. The molecule has 6 heteroatoms. The first kappa shape index (κ1) is 16.9. The average Bonchev–Trinajstić information content (AvgIpc) is 2.39. The predicted octanol–water partition coefficient (Wildman–Crippen LogP) is -0.345. The van der Waals surface area contributed by atoms with Gasteiger partial charge in [-0.1, -0.05) is 6.92 Å². The number of carbonyl (C=O) groups is 2. The molecule has 116 valence electrons. The summed E-state index contributed by atoms with van der Waals surface area (Å²) in [5, 5.41) is 6.05. The van der Waals surface area contributed by atoms with E-state index in [9.17, 15) is 9.59 Å². The number of nitrogens with zero attached hydrogens (tertiary/aromatic N) is 2. The van der Waals surface area contributed by atoms with Gasteiger partial charge in [-0.2, -0.15) is 0 Å². The molecule has 6 nitrogen and oxygen atoms in total. The van der Waals surface area contributed by atoms with Gasteiger partial charge in [-0.05, 0) is 20.4 Å². The van der Waals surface area contributed by atoms with Gasteiger partial charge in [0.05, 0.1) is 6.54 Å². The molecule has 0 radical (unpaired) electrons. The molecule has 1 heterocycles. The molecule has 2 amide bonds. The smallest absolute Gasteiger partial charge is 0.234 e. The van der Waals surface area contributed by atoms with E-state index in [0.29, 0.717) is 19.5 Å². The fourth-order valence-electron chi connectivity index (χ4n) is 2.42. The fraction of sp³-hybridized carbons (Fsp3) is 0.857. The van der Waals surface area contributed by atoms with Crippen LogP contribution in [0.5, 0.6) is 0 Å². The van der Waals surface area contributed by atoms with Crippen LogP contribution in [0.2, 0.25) is 0 Å². The molecule has 1 saturated heterocycles. The van der Waals surface area contributed by atoms with Crippen LogP contribution in [0, 0.1) is 0 Å². The number of amides is 2. The zero-order valence-electron chi connectivity index (χ0n) is 12.9. The highest BCUT2D eigenvalue weighted by Gasteiger charge is 2.22. The zero-order chi connectivity index (χ0) is 15.0. The molecule has 2 N–H and O–H groups in total. The highest BCUT2D eigenvalue weighted by molar-refractivity contribution is 5.78. The first-order chi connectivity index (χ1) is 9.56. The van der Waals surface area contributed by atoms with Gasteiger partial charge in [0, 0.05) is 45.2 Å². The molecule has 0 spiro atoms. The van der Waals surface area contributed by atoms with E-state index in [1.165, 1.54) is 0 Å². The Morgan fingerprint density at radius 3 is 2.30 bits per heavy atom. The molecule has 1 atom stereocenters. The molecule has 1 unspecified atom stereocenters. The number of nitrogens with one attached hydrogen (secondary N) is 2. The lowest BCUT2D eigenvalue weighted by atomic mass is 10.2. The molecule has 0 saturated carbocycles. The van der Waals surface area contributed by atoms with Crippen molar-refractivity contribution in [2.45, 2.75) is 33.2 Å². The van der Waals surface area contributed by atoms with Gasteiger partial charge in [-0.25, -0.2) is 0 Å². The van der Waals surface area contributed by atoms with Crippen molar-refractivity contribution < 1.29 is 9.59 Å². The minimum Gasteiger partial charge on any atom is -0.355 e. The van der Waals surface area contributed by atoms with E-state index >= 15 is 0 Å². The van der Waals surface area contributed by atoms with E-state index in [0.717, 1.165) is 32.7 Å². The summed E-state index contributed by atoms with van der Waals surface area (Å²) < 4.78 is 0. The molecule has 1 aliphatic rings. The van der Waals surface area contributed by atoms with Gasteiger partial charge in [-0.3, -0.25) is 14.5 Å². The van der Waals surface area contributed by atoms with Crippen LogP contribution in [0.1, 0.15) is 27.2 Å². The van der Waals surface area contributed by atoms with E-state index in [1.54, 1.807) is 0 Å². The van der Waals surface area contributed by atoms with Gasteiger partial charge >= 0.3 is 0 Å². The molecule has 1 aliphatic heterocycles. The third-order valence-corrected chi connectivity index (χ3v) is 3.50. The molecular formula is C14H28N4O2. The number of hydrogen-bond acceptors (Lipinski definition) is 4. The van der Waals surface area contributed by atoms with Gasteiger partial charge in [0.1, 0.15) is 0 Å². The van der Waals surface area contributed by atoms with Crippen molar-refractivity contribution in [2.24, 2.45) is 0 Å². The maximum atomic E-state index is 12.1. The Bertz CT molecular complexity index is 314. The Morgan fingerprint density at radius 2 is 1.75 bits per heavy atom. The molecule has 0 aromatic carbocycles. The lowest BCUT2D eigenvalue weighted by Gasteiger charge is -2.34. The number of piperazine rings is 1. The average molecular weight is 284 g/mol. The van der Waals surface area contributed by atoms with Crippen LogP contribution >= 0.6 is 0 Å². The fourth-order valence-corrected chi connectivity index (χ4v) is 2.42. The molecule has 20 heavy (non-hydrogen) atoms. The van der Waals surface area contributed by atoms with Crippen molar-refractivity contribution in [1.29, 1.82) is 0 Å². The second-order valence-corrected chi connectivity index (χ2v) is 5.27. The van der Waals surface area contributed by atoms with Crippen molar-refractivity contribution in [1.82, 2.24) is 20.4 Å². The van der Waals surface area contributed by atoms with E-state index in [-0.39, 0.29) is 17.9 Å². The highest BCUT2D eigenvalue weighted by Crippen LogP contribution is 2.05. The van der Waals surface area contributed by atoms with Crippen LogP contribution in [0.15, 0.2) is 0 Å². The monoisotopic (exact) mass is 284 g/mol. The molecule has 0 aromatic rings. The number of hydrogen-bond donors (Lipinski definition) is 2. The number of likely N-dealkylation sites (N-methyl/N-ethyl adjacent to an activating group) is 1. The first-order valence-electron chi connectivity index (χ1n) is 7.57. The van der Waals surface area contributed by atoms with Gasteiger partial charge < -0.3 is 15.5 Å². The normalized spacial score (nSPS) is 17.9. The molecular weight excluding hydrogens is 256 g/mol. The Kier molecular flexibility index (Phi) is 7.54. The summed E-state index contributed by atoms with van der Waals surface area (Å²) in [5.41, 5.74) is 0. The van der Waals surface area contributed by atoms with Crippen molar-refractivity contribution in [3.63, 3.8) is 0 Å². The van der Waals surface area contributed by atoms with Crippen molar-refractivity contribution >= 4 is 11.8 Å². The van der Waals surface area contributed by atoms with E-state index in [2.05, 4.69) is 15.5 Å². The summed E-state index contributed by atoms with van der Waals surface area (Å²) in [6.07, 6.45) is 0.546. The van der Waals surface area contributed by atoms with Crippen LogP contribution in [0.25, 0.3) is 0 Å². The highest BCUT2D eigenvalue weighted by atomic mass is 16.2. The van der Waals surface area contributed by atoms with E-state index < -0.39 is 0 Å². The predicted molar refractivity (Wildman–Crippen MR) is 79.5 cm³/mol. The Balaban J connectivity index is 2.27. The Hall–Kier alpha value is -1.14. The number of rotatable bonds is 7. The third-order valence-electron chi connectivity index (χ3n) is 3.50. The standard InChI is InChI=1S/C14H28N4O2/c1-4-15-12(3)10-14(20)18-8-6-17(7-9-18)11-13(19)16-5-2/h12,15H,4-11H2,1-3H3,(H,16,19). The van der Waals surface area contributed by atoms with Gasteiger partial charge in [0.15, 0.2) is 0 Å². The molecule has 1 fully saturated rings. The second-order valence-electron chi connectivity index (χ2n) is 5.27. The third kappa shape index (κ3) is 5.88. The Labute approximate surface area is 121 Å². The van der Waals surface area contributed by atoms with Crippen molar-refractivity contribution in [3.05, 3.63) is 0 Å². The van der Waals surface area contributed by atoms with Crippen LogP contribution < -0.4 is 10.6 Å². The summed E-state index contributed by atoms with van der Waals surface area (Å²) in [7, 11) is 0. The van der Waals surface area contributed by atoms with E-state index in [4.69, 9.17) is 0 Å². The van der Waals surface area contributed by atoms with Crippen molar-refractivity contribution in [3.8, 4) is 0 Å². The van der Waals surface area contributed by atoms with Gasteiger partial charge in [0.2, 0.25) is 11.8 Å². The van der Waals surface area contributed by atoms with Crippen LogP contribution in [-0.2, 0) is 9.59 Å². The molecule has 0 aromatic heterocycles. The van der Waals surface area contributed by atoms with Crippen LogP contribution in [-0.4, -0.2) is 73.5 Å². The SMILES string of the molecule is CCNC(=O)CN1CCN(C(=O)CC(C)NCC)CC1. The Morgan fingerprint density at radius 1 is 1.10 bits per heavy atom. The maximum absolute atomic E-state index is 12.1. The molecule has 0 aliphatic carbocycles. The van der Waals surface area contributed by atoms with Gasteiger partial charge in [0.25, 0.3) is 0 Å². The van der Waals surface area contributed by atoms with Gasteiger partial charge in [-0.15, -0.1) is 0 Å². The summed E-state index contributed by atoms with van der Waals surface area (Å²) in [5.74, 6) is 0.268. The van der Waals surface area contributed by atoms with Crippen LogP contribution in [0.4, 0.5) is 0 Å². The summed E-state index contributed by atoms with van der Waals surface area (Å²) in [4.78, 5) is 27.6. The summed E-state index contributed by atoms with van der Waals surface area (Å²) >= 11 is 0. The maximum Gasteiger partial charge on any atom is 0.234 e. The van der Waals surface area contributed by atoms with Crippen LogP contribution in [0.3, 0.4) is 0 Å². The second kappa shape index (κ2) is 8.92. The lowest BCUT2D eigenvalue weighted by Crippen LogP contribution is -2.51. The summed E-state index contributed by atoms with van der Waals surface area (Å²) in [6.45, 7) is 11.0. The molecule has 1 rings (SSSR count). The number of carbonyl (C=O) groups excluding carboxylic acids is 2. The minimum atomic E-state index is 0.0630. The lowest BCUT2D eigenvalue weighted by molar-refractivity contribution is -0.133.